The van der Waals surface area contributed by atoms with Gasteiger partial charge in [-0.05, 0) is 63.2 Å². The van der Waals surface area contributed by atoms with Crippen molar-refractivity contribution in [1.29, 1.82) is 0 Å². The maximum atomic E-state index is 13.3. The van der Waals surface area contributed by atoms with Gasteiger partial charge in [0.1, 0.15) is 8.96 Å². The minimum Gasteiger partial charge on any atom is -0.394 e. The predicted octanol–water partition coefficient (Wildman–Crippen LogP) is 1.29. The fraction of sp³-hybridized carbons (Fsp3) is 0.520. The van der Waals surface area contributed by atoms with Gasteiger partial charge in [0.25, 0.3) is 11.8 Å². The Bertz CT molecular complexity index is 914. The summed E-state index contributed by atoms with van der Waals surface area (Å²) >= 11 is 6.26. The first-order valence-corrected chi connectivity index (χ1v) is 13.6. The van der Waals surface area contributed by atoms with E-state index in [4.69, 9.17) is 15.6 Å². The van der Waals surface area contributed by atoms with Crippen LogP contribution in [0, 0.1) is 5.92 Å². The molecule has 0 aliphatic rings. The average molecular weight is 648 g/mol. The van der Waals surface area contributed by atoms with Crippen LogP contribution in [0.15, 0.2) is 39.3 Å². The number of hydrogen-bond donors (Lipinski definition) is 5. The molecule has 0 spiro atoms. The molecule has 0 fully saturated rings. The number of carbonyl (C=O) groups is 4. The quantitative estimate of drug-likeness (QED) is 0.119. The third kappa shape index (κ3) is 12.8. The fourth-order valence-electron chi connectivity index (χ4n) is 3.45. The van der Waals surface area contributed by atoms with Gasteiger partial charge in [-0.2, -0.15) is 0 Å². The van der Waals surface area contributed by atoms with Crippen LogP contribution >= 0.6 is 31.9 Å². The van der Waals surface area contributed by atoms with Crippen LogP contribution in [0.25, 0.3) is 0 Å². The molecule has 1 aromatic carbocycles. The highest BCUT2D eigenvalue weighted by molar-refractivity contribution is 9.14. The van der Waals surface area contributed by atoms with Gasteiger partial charge < -0.3 is 31.5 Å². The number of benzene rings is 1. The summed E-state index contributed by atoms with van der Waals surface area (Å²) in [6.07, 6.45) is 2.14. The molecule has 37 heavy (non-hydrogen) atoms. The van der Waals surface area contributed by atoms with Crippen molar-refractivity contribution >= 4 is 55.4 Å². The number of rotatable bonds is 18. The lowest BCUT2D eigenvalue weighted by Gasteiger charge is -2.21. The zero-order valence-corrected chi connectivity index (χ0v) is 24.1. The van der Waals surface area contributed by atoms with Gasteiger partial charge in [-0.1, -0.05) is 36.8 Å². The Hall–Kier alpha value is -2.12. The summed E-state index contributed by atoms with van der Waals surface area (Å²) in [7, 11) is 1.52. The van der Waals surface area contributed by atoms with E-state index in [1.807, 2.05) is 30.3 Å². The second-order valence-corrected chi connectivity index (χ2v) is 9.79. The zero-order valence-electron chi connectivity index (χ0n) is 20.9. The van der Waals surface area contributed by atoms with Crippen molar-refractivity contribution in [3.05, 3.63) is 44.9 Å². The first-order valence-electron chi connectivity index (χ1n) is 12.1. The molecule has 3 amide bonds. The summed E-state index contributed by atoms with van der Waals surface area (Å²) in [5.41, 5.74) is 6.40. The molecule has 0 heterocycles. The van der Waals surface area contributed by atoms with Crippen LogP contribution in [0.4, 0.5) is 0 Å². The lowest BCUT2D eigenvalue weighted by Crippen LogP contribution is -2.44. The zero-order chi connectivity index (χ0) is 27.6. The highest BCUT2D eigenvalue weighted by Crippen LogP contribution is 2.20. The molecule has 0 saturated carbocycles. The molecule has 206 valence electrons. The molecule has 0 saturated heterocycles. The summed E-state index contributed by atoms with van der Waals surface area (Å²) in [6.45, 7) is 0.907. The van der Waals surface area contributed by atoms with E-state index < -0.39 is 23.8 Å². The number of ketones is 1. The first kappa shape index (κ1) is 32.9. The molecule has 12 heteroatoms. The lowest BCUT2D eigenvalue weighted by atomic mass is 9.90. The summed E-state index contributed by atoms with van der Waals surface area (Å²) in [6, 6.07) is 8.29. The van der Waals surface area contributed by atoms with Crippen LogP contribution in [0.2, 0.25) is 0 Å². The Morgan fingerprint density at radius 2 is 1.70 bits per heavy atom. The van der Waals surface area contributed by atoms with Gasteiger partial charge in [0.05, 0.1) is 25.9 Å². The number of aliphatic hydroxyl groups excluding tert-OH is 1. The van der Waals surface area contributed by atoms with E-state index in [0.29, 0.717) is 19.4 Å². The van der Waals surface area contributed by atoms with E-state index in [9.17, 15) is 19.2 Å². The normalized spacial score (nSPS) is 13.2. The largest absolute Gasteiger partial charge is 0.394 e. The van der Waals surface area contributed by atoms with E-state index in [1.165, 1.54) is 7.05 Å². The summed E-state index contributed by atoms with van der Waals surface area (Å²) in [5, 5.41) is 16.6. The molecular formula is C25H36Br2N4O6. The second kappa shape index (κ2) is 19.0. The van der Waals surface area contributed by atoms with Crippen LogP contribution in [0.1, 0.15) is 31.2 Å². The number of amides is 3. The molecule has 0 aliphatic carbocycles. The van der Waals surface area contributed by atoms with E-state index in [0.717, 1.165) is 12.0 Å². The molecule has 2 atom stereocenters. The number of ether oxygens (including phenoxy) is 1. The molecule has 10 nitrogen and oxygen atoms in total. The van der Waals surface area contributed by atoms with Gasteiger partial charge in [-0.15, -0.1) is 0 Å². The number of nitrogens with one attached hydrogen (secondary N) is 3. The Kier molecular flexibility index (Phi) is 16.9. The number of Topliss-reactive ketones (excluding diaryl/α,β-unsaturated/α-hetero) is 1. The molecule has 0 aliphatic heterocycles. The fourth-order valence-corrected chi connectivity index (χ4v) is 4.06. The monoisotopic (exact) mass is 646 g/mol. The highest BCUT2D eigenvalue weighted by Gasteiger charge is 2.28. The Morgan fingerprint density at radius 3 is 2.32 bits per heavy atom. The molecule has 1 rings (SSSR count). The number of hydrogen-bond acceptors (Lipinski definition) is 7. The first-order chi connectivity index (χ1) is 17.7. The summed E-state index contributed by atoms with van der Waals surface area (Å²) < 4.78 is 4.95. The second-order valence-electron chi connectivity index (χ2n) is 8.20. The van der Waals surface area contributed by atoms with E-state index in [2.05, 4.69) is 47.8 Å². The third-order valence-electron chi connectivity index (χ3n) is 5.41. The molecule has 1 aromatic rings. The topological polar surface area (TPSA) is 160 Å². The van der Waals surface area contributed by atoms with Gasteiger partial charge in [0, 0.05) is 25.9 Å². The molecular weight excluding hydrogens is 612 g/mol. The van der Waals surface area contributed by atoms with Gasteiger partial charge in [0.15, 0.2) is 5.78 Å². The number of unbranched alkanes of at least 4 members (excludes halogenated alkanes) is 1. The summed E-state index contributed by atoms with van der Waals surface area (Å²) in [4.78, 5) is 51.1. The van der Waals surface area contributed by atoms with E-state index in [1.54, 1.807) is 0 Å². The maximum Gasteiger partial charge on any atom is 0.260 e. The van der Waals surface area contributed by atoms with Crippen molar-refractivity contribution in [1.82, 2.24) is 16.0 Å². The molecule has 0 bridgehead atoms. The van der Waals surface area contributed by atoms with Crippen molar-refractivity contribution in [3.63, 3.8) is 0 Å². The minimum atomic E-state index is -0.917. The number of nitrogens with two attached hydrogens (primary N) is 1. The Labute approximate surface area is 234 Å². The minimum absolute atomic E-state index is 0.0428. The van der Waals surface area contributed by atoms with Crippen LogP contribution in [0.3, 0.4) is 0 Å². The van der Waals surface area contributed by atoms with Crippen LogP contribution in [-0.4, -0.2) is 74.6 Å². The number of carbonyl (C=O) groups excluding carboxylic acids is 4. The van der Waals surface area contributed by atoms with Gasteiger partial charge in [-0.25, -0.2) is 0 Å². The SMILES string of the molecule is CNC(=O)[C@H](CCCCN)CC(=O)[C@H](Cc1ccccc1)NC(=O)/C(Br)=C(/Br)C(=O)NCCOCCO. The molecule has 0 aromatic heterocycles. The molecule has 0 unspecified atom stereocenters. The molecule has 0 radical (unpaired) electrons. The smallest absolute Gasteiger partial charge is 0.260 e. The van der Waals surface area contributed by atoms with Crippen molar-refractivity contribution < 1.29 is 29.0 Å². The number of halogens is 2. The predicted molar refractivity (Wildman–Crippen MR) is 148 cm³/mol. The van der Waals surface area contributed by atoms with E-state index >= 15 is 0 Å². The highest BCUT2D eigenvalue weighted by atomic mass is 79.9. The lowest BCUT2D eigenvalue weighted by molar-refractivity contribution is -0.131. The van der Waals surface area contributed by atoms with Crippen molar-refractivity contribution in [3.8, 4) is 0 Å². The van der Waals surface area contributed by atoms with Crippen LogP contribution in [0.5, 0.6) is 0 Å². The van der Waals surface area contributed by atoms with Crippen LogP contribution < -0.4 is 21.7 Å². The summed E-state index contributed by atoms with van der Waals surface area (Å²) in [5.74, 6) is -2.28. The van der Waals surface area contributed by atoms with E-state index in [-0.39, 0.29) is 59.9 Å². The van der Waals surface area contributed by atoms with Crippen molar-refractivity contribution in [2.45, 2.75) is 38.1 Å². The third-order valence-corrected chi connectivity index (χ3v) is 7.45. The maximum absolute atomic E-state index is 13.3. The van der Waals surface area contributed by atoms with Crippen molar-refractivity contribution in [2.75, 3.05) is 40.0 Å². The van der Waals surface area contributed by atoms with Gasteiger partial charge in [0.2, 0.25) is 5.91 Å². The van der Waals surface area contributed by atoms with Gasteiger partial charge in [-0.3, -0.25) is 19.2 Å². The number of aliphatic hydroxyl groups is 1. The standard InChI is InChI=1S/C25H36Br2N4O6/c1-29-23(34)18(9-5-6-10-28)16-20(33)19(15-17-7-3-2-4-8-17)31-25(36)22(27)21(26)24(35)30-11-13-37-14-12-32/h2-4,7-8,18-19,32H,5-6,9-16,28H2,1H3,(H,29,34)(H,30,35)(H,31,36)/b22-21-/t18-,19+/m1/s1. The Balaban J connectivity index is 2.99. The van der Waals surface area contributed by atoms with Gasteiger partial charge >= 0.3 is 0 Å². The Morgan fingerprint density at radius 1 is 1.03 bits per heavy atom. The average Bonchev–Trinajstić information content (AvgIpc) is 2.91. The molecule has 6 N–H and O–H groups in total. The van der Waals surface area contributed by atoms with Crippen molar-refractivity contribution in [2.24, 2.45) is 11.7 Å². The van der Waals surface area contributed by atoms with Crippen LogP contribution in [-0.2, 0) is 30.3 Å².